The first-order chi connectivity index (χ1) is 7.70. The minimum absolute atomic E-state index is 0.177. The molecule has 86 valence electrons. The highest BCUT2D eigenvalue weighted by atomic mass is 16.3. The molecule has 1 aromatic carbocycles. The van der Waals surface area contributed by atoms with Gasteiger partial charge in [0.1, 0.15) is 17.8 Å². The van der Waals surface area contributed by atoms with Gasteiger partial charge in [-0.1, -0.05) is 0 Å². The summed E-state index contributed by atoms with van der Waals surface area (Å²) in [7, 11) is 0. The van der Waals surface area contributed by atoms with Crippen molar-refractivity contribution in [3.63, 3.8) is 0 Å². The lowest BCUT2D eigenvalue weighted by Gasteiger charge is -2.26. The van der Waals surface area contributed by atoms with Crippen LogP contribution in [0.1, 0.15) is 37.2 Å². The molecule has 0 radical (unpaired) electrons. The highest BCUT2D eigenvalue weighted by molar-refractivity contribution is 5.53. The van der Waals surface area contributed by atoms with Crippen LogP contribution in [0.15, 0.2) is 18.2 Å². The number of carbonyl (C=O) groups is 1. The van der Waals surface area contributed by atoms with Crippen molar-refractivity contribution in [1.82, 2.24) is 0 Å². The molecular formula is C13H16O3. The Labute approximate surface area is 94.7 Å². The van der Waals surface area contributed by atoms with Crippen LogP contribution < -0.4 is 0 Å². The van der Waals surface area contributed by atoms with Crippen molar-refractivity contribution < 1.29 is 15.0 Å². The average Bonchev–Trinajstić information content (AvgIpc) is 2.32. The summed E-state index contributed by atoms with van der Waals surface area (Å²) in [4.78, 5) is 10.6. The lowest BCUT2D eigenvalue weighted by atomic mass is 9.79. The average molecular weight is 220 g/mol. The van der Waals surface area contributed by atoms with E-state index in [-0.39, 0.29) is 23.3 Å². The monoisotopic (exact) mass is 220 g/mol. The number of aldehydes is 1. The van der Waals surface area contributed by atoms with Crippen LogP contribution in [0.25, 0.3) is 0 Å². The smallest absolute Gasteiger partial charge is 0.123 e. The van der Waals surface area contributed by atoms with Gasteiger partial charge in [0.25, 0.3) is 0 Å². The first-order valence-corrected chi connectivity index (χ1v) is 5.68. The minimum atomic E-state index is 0.177. The molecule has 0 aliphatic heterocycles. The summed E-state index contributed by atoms with van der Waals surface area (Å²) in [6.07, 6.45) is 4.59. The predicted octanol–water partition coefficient (Wildman–Crippen LogP) is 2.57. The Kier molecular flexibility index (Phi) is 3.13. The van der Waals surface area contributed by atoms with Crippen molar-refractivity contribution in [1.29, 1.82) is 0 Å². The van der Waals surface area contributed by atoms with Gasteiger partial charge in [-0.3, -0.25) is 0 Å². The van der Waals surface area contributed by atoms with Crippen molar-refractivity contribution in [2.45, 2.75) is 31.6 Å². The number of phenolic OH excluding ortho intramolecular Hbond substituents is 2. The summed E-state index contributed by atoms with van der Waals surface area (Å²) in [5.41, 5.74) is 0.810. The van der Waals surface area contributed by atoms with Gasteiger partial charge in [-0.15, -0.1) is 0 Å². The van der Waals surface area contributed by atoms with E-state index in [1.165, 1.54) is 12.1 Å². The Bertz CT molecular complexity index is 379. The van der Waals surface area contributed by atoms with Crippen LogP contribution in [0.2, 0.25) is 0 Å². The zero-order chi connectivity index (χ0) is 11.5. The fraction of sp³-hybridized carbons (Fsp3) is 0.462. The fourth-order valence-corrected chi connectivity index (χ4v) is 2.44. The third-order valence-electron chi connectivity index (χ3n) is 3.42. The van der Waals surface area contributed by atoms with Crippen molar-refractivity contribution in [2.24, 2.45) is 5.92 Å². The zero-order valence-corrected chi connectivity index (χ0v) is 9.10. The van der Waals surface area contributed by atoms with E-state index in [1.807, 2.05) is 0 Å². The van der Waals surface area contributed by atoms with Gasteiger partial charge in [-0.25, -0.2) is 0 Å². The maximum atomic E-state index is 10.6. The maximum Gasteiger partial charge on any atom is 0.123 e. The van der Waals surface area contributed by atoms with E-state index in [9.17, 15) is 15.0 Å². The van der Waals surface area contributed by atoms with Gasteiger partial charge >= 0.3 is 0 Å². The van der Waals surface area contributed by atoms with E-state index >= 15 is 0 Å². The van der Waals surface area contributed by atoms with E-state index < -0.39 is 0 Å². The molecule has 1 saturated carbocycles. The minimum Gasteiger partial charge on any atom is -0.508 e. The molecule has 0 atom stereocenters. The van der Waals surface area contributed by atoms with E-state index in [4.69, 9.17) is 0 Å². The van der Waals surface area contributed by atoms with Gasteiger partial charge in [0, 0.05) is 11.5 Å². The summed E-state index contributed by atoms with van der Waals surface area (Å²) in [5, 5.41) is 19.1. The molecule has 1 aromatic rings. The molecule has 0 aromatic heterocycles. The first-order valence-electron chi connectivity index (χ1n) is 5.68. The molecular weight excluding hydrogens is 204 g/mol. The van der Waals surface area contributed by atoms with E-state index in [0.29, 0.717) is 0 Å². The fourth-order valence-electron chi connectivity index (χ4n) is 2.44. The number of aromatic hydroxyl groups is 2. The predicted molar refractivity (Wildman–Crippen MR) is 60.5 cm³/mol. The standard InChI is InChI=1S/C13H16O3/c14-8-9-1-3-10(4-2-9)12-7-11(15)5-6-13(12)16/h5-10,15-16H,1-4H2. The molecule has 1 aliphatic rings. The summed E-state index contributed by atoms with van der Waals surface area (Å²) < 4.78 is 0. The van der Waals surface area contributed by atoms with Crippen LogP contribution in [0.4, 0.5) is 0 Å². The van der Waals surface area contributed by atoms with Crippen LogP contribution >= 0.6 is 0 Å². The SMILES string of the molecule is O=CC1CCC(c2cc(O)ccc2O)CC1. The topological polar surface area (TPSA) is 57.5 Å². The number of hydrogen-bond donors (Lipinski definition) is 2. The van der Waals surface area contributed by atoms with Crippen molar-refractivity contribution in [3.8, 4) is 11.5 Å². The molecule has 0 bridgehead atoms. The first kappa shape index (κ1) is 11.0. The van der Waals surface area contributed by atoms with E-state index in [0.717, 1.165) is 37.5 Å². The molecule has 1 aliphatic carbocycles. The summed E-state index contributed by atoms with van der Waals surface area (Å²) in [6.45, 7) is 0. The van der Waals surface area contributed by atoms with Crippen molar-refractivity contribution in [3.05, 3.63) is 23.8 Å². The normalized spacial score (nSPS) is 25.2. The van der Waals surface area contributed by atoms with Gasteiger partial charge in [-0.2, -0.15) is 0 Å². The molecule has 16 heavy (non-hydrogen) atoms. The summed E-state index contributed by atoms with van der Waals surface area (Å²) in [6, 6.07) is 4.63. The second kappa shape index (κ2) is 4.56. The number of rotatable bonds is 2. The Hall–Kier alpha value is -1.51. The van der Waals surface area contributed by atoms with Crippen LogP contribution in [-0.2, 0) is 4.79 Å². The molecule has 0 spiro atoms. The molecule has 0 unspecified atom stereocenters. The molecule has 2 rings (SSSR count). The maximum absolute atomic E-state index is 10.6. The molecule has 2 N–H and O–H groups in total. The Morgan fingerprint density at radius 2 is 1.81 bits per heavy atom. The highest BCUT2D eigenvalue weighted by Crippen LogP contribution is 2.39. The molecule has 1 fully saturated rings. The molecule has 0 heterocycles. The second-order valence-electron chi connectivity index (χ2n) is 4.49. The molecule has 0 amide bonds. The van der Waals surface area contributed by atoms with Gasteiger partial charge in [-0.05, 0) is 49.8 Å². The summed E-state index contributed by atoms with van der Waals surface area (Å²) >= 11 is 0. The number of carbonyl (C=O) groups excluding carboxylic acids is 1. The Balaban J connectivity index is 2.13. The summed E-state index contributed by atoms with van der Waals surface area (Å²) in [5.74, 6) is 0.872. The lowest BCUT2D eigenvalue weighted by Crippen LogP contribution is -2.14. The van der Waals surface area contributed by atoms with Crippen LogP contribution in [0, 0.1) is 5.92 Å². The lowest BCUT2D eigenvalue weighted by molar-refractivity contribution is -0.111. The molecule has 3 nitrogen and oxygen atoms in total. The number of benzene rings is 1. The molecule has 3 heteroatoms. The van der Waals surface area contributed by atoms with Gasteiger partial charge in [0.2, 0.25) is 0 Å². The zero-order valence-electron chi connectivity index (χ0n) is 9.10. The number of phenols is 2. The second-order valence-corrected chi connectivity index (χ2v) is 4.49. The molecule has 0 saturated heterocycles. The third kappa shape index (κ3) is 2.18. The van der Waals surface area contributed by atoms with Crippen LogP contribution in [0.3, 0.4) is 0 Å². The van der Waals surface area contributed by atoms with Gasteiger partial charge in [0.05, 0.1) is 0 Å². The van der Waals surface area contributed by atoms with E-state index in [2.05, 4.69) is 0 Å². The Morgan fingerprint density at radius 3 is 2.44 bits per heavy atom. The van der Waals surface area contributed by atoms with E-state index in [1.54, 1.807) is 6.07 Å². The quantitative estimate of drug-likeness (QED) is 0.595. The van der Waals surface area contributed by atoms with Gasteiger partial charge < -0.3 is 15.0 Å². The van der Waals surface area contributed by atoms with Crippen LogP contribution in [-0.4, -0.2) is 16.5 Å². The van der Waals surface area contributed by atoms with Crippen LogP contribution in [0.5, 0.6) is 11.5 Å². The van der Waals surface area contributed by atoms with Crippen molar-refractivity contribution in [2.75, 3.05) is 0 Å². The third-order valence-corrected chi connectivity index (χ3v) is 3.42. The van der Waals surface area contributed by atoms with Crippen molar-refractivity contribution >= 4 is 6.29 Å². The Morgan fingerprint density at radius 1 is 1.12 bits per heavy atom. The number of hydrogen-bond acceptors (Lipinski definition) is 3. The van der Waals surface area contributed by atoms with Gasteiger partial charge in [0.15, 0.2) is 0 Å². The highest BCUT2D eigenvalue weighted by Gasteiger charge is 2.23. The largest absolute Gasteiger partial charge is 0.508 e.